The van der Waals surface area contributed by atoms with Crippen LogP contribution in [0.25, 0.3) is 0 Å². The van der Waals surface area contributed by atoms with E-state index in [0.29, 0.717) is 12.5 Å². The third-order valence-electron chi connectivity index (χ3n) is 3.09. The fourth-order valence-corrected chi connectivity index (χ4v) is 1.83. The zero-order valence-electron chi connectivity index (χ0n) is 8.51. The largest absolute Gasteiger partial charge is 0.469 e. The monoisotopic (exact) mass is 185 g/mol. The molecule has 0 heterocycles. The first-order chi connectivity index (χ1) is 6.12. The first-order valence-electron chi connectivity index (χ1n) is 4.91. The quantitative estimate of drug-likeness (QED) is 0.672. The van der Waals surface area contributed by atoms with Gasteiger partial charge in [-0.3, -0.25) is 4.79 Å². The molecule has 0 aromatic heterocycles. The predicted molar refractivity (Wildman–Crippen MR) is 51.1 cm³/mol. The Bertz CT molecular complexity index is 189. The Kier molecular flexibility index (Phi) is 3.31. The van der Waals surface area contributed by atoms with Crippen molar-refractivity contribution in [2.45, 2.75) is 32.6 Å². The summed E-state index contributed by atoms with van der Waals surface area (Å²) >= 11 is 0. The predicted octanol–water partition coefficient (Wildman–Crippen LogP) is 1.31. The minimum atomic E-state index is -0.458. The number of rotatable bonds is 4. The minimum absolute atomic E-state index is 0.165. The van der Waals surface area contributed by atoms with E-state index in [4.69, 9.17) is 10.5 Å². The Morgan fingerprint density at radius 2 is 2.23 bits per heavy atom. The first-order valence-corrected chi connectivity index (χ1v) is 4.91. The van der Waals surface area contributed by atoms with Crippen molar-refractivity contribution in [2.75, 3.05) is 13.7 Å². The number of nitrogens with two attached hydrogens (primary N) is 1. The molecule has 1 rings (SSSR count). The maximum atomic E-state index is 11.4. The van der Waals surface area contributed by atoms with Crippen LogP contribution in [-0.2, 0) is 9.53 Å². The van der Waals surface area contributed by atoms with Crippen LogP contribution in [0.1, 0.15) is 32.6 Å². The zero-order valence-corrected chi connectivity index (χ0v) is 8.51. The Morgan fingerprint density at radius 1 is 1.62 bits per heavy atom. The topological polar surface area (TPSA) is 52.3 Å². The standard InChI is InChI=1S/C10H19NO2/c1-10(7-11,9(12)13-2)6-8-4-3-5-8/h8H,3-7,11H2,1-2H3. The molecule has 3 heteroatoms. The summed E-state index contributed by atoms with van der Waals surface area (Å²) in [5.74, 6) is 0.523. The molecule has 1 aliphatic rings. The van der Waals surface area contributed by atoms with Crippen molar-refractivity contribution in [3.05, 3.63) is 0 Å². The summed E-state index contributed by atoms with van der Waals surface area (Å²) in [4.78, 5) is 11.4. The molecule has 13 heavy (non-hydrogen) atoms. The smallest absolute Gasteiger partial charge is 0.312 e. The van der Waals surface area contributed by atoms with E-state index in [1.807, 2.05) is 6.92 Å². The Morgan fingerprint density at radius 3 is 2.54 bits per heavy atom. The van der Waals surface area contributed by atoms with Gasteiger partial charge in [0, 0.05) is 6.54 Å². The molecule has 0 saturated heterocycles. The summed E-state index contributed by atoms with van der Waals surface area (Å²) < 4.78 is 4.76. The number of carbonyl (C=O) groups excluding carboxylic acids is 1. The van der Waals surface area contributed by atoms with Gasteiger partial charge in [-0.05, 0) is 19.3 Å². The number of methoxy groups -OCH3 is 1. The highest BCUT2D eigenvalue weighted by Gasteiger charge is 2.37. The van der Waals surface area contributed by atoms with E-state index in [1.54, 1.807) is 0 Å². The van der Waals surface area contributed by atoms with E-state index in [2.05, 4.69) is 0 Å². The van der Waals surface area contributed by atoms with Crippen LogP contribution in [0.15, 0.2) is 0 Å². The number of ether oxygens (including phenoxy) is 1. The molecule has 3 nitrogen and oxygen atoms in total. The van der Waals surface area contributed by atoms with Crippen LogP contribution in [0, 0.1) is 11.3 Å². The molecule has 1 aliphatic carbocycles. The normalized spacial score (nSPS) is 21.8. The Hall–Kier alpha value is -0.570. The molecular formula is C10H19NO2. The molecule has 2 N–H and O–H groups in total. The maximum Gasteiger partial charge on any atom is 0.312 e. The SMILES string of the molecule is COC(=O)C(C)(CN)CC1CCC1. The highest BCUT2D eigenvalue weighted by atomic mass is 16.5. The lowest BCUT2D eigenvalue weighted by atomic mass is 9.72. The van der Waals surface area contributed by atoms with Gasteiger partial charge in [0.2, 0.25) is 0 Å². The summed E-state index contributed by atoms with van der Waals surface area (Å²) in [6.45, 7) is 2.29. The molecule has 0 aromatic rings. The van der Waals surface area contributed by atoms with Gasteiger partial charge in [0.15, 0.2) is 0 Å². The molecule has 1 atom stereocenters. The second-order valence-corrected chi connectivity index (χ2v) is 4.26. The van der Waals surface area contributed by atoms with Gasteiger partial charge in [-0.1, -0.05) is 19.3 Å². The van der Waals surface area contributed by atoms with E-state index < -0.39 is 5.41 Å². The van der Waals surface area contributed by atoms with Gasteiger partial charge in [-0.15, -0.1) is 0 Å². The fraction of sp³-hybridized carbons (Fsp3) is 0.900. The van der Waals surface area contributed by atoms with Crippen LogP contribution in [0.4, 0.5) is 0 Å². The summed E-state index contributed by atoms with van der Waals surface area (Å²) in [7, 11) is 1.43. The van der Waals surface area contributed by atoms with Crippen molar-refractivity contribution in [1.29, 1.82) is 0 Å². The van der Waals surface area contributed by atoms with Gasteiger partial charge in [0.05, 0.1) is 12.5 Å². The van der Waals surface area contributed by atoms with Gasteiger partial charge in [-0.2, -0.15) is 0 Å². The molecule has 0 aromatic carbocycles. The van der Waals surface area contributed by atoms with Crippen molar-refractivity contribution in [1.82, 2.24) is 0 Å². The second-order valence-electron chi connectivity index (χ2n) is 4.26. The molecule has 0 radical (unpaired) electrons. The number of hydrogen-bond donors (Lipinski definition) is 1. The highest BCUT2D eigenvalue weighted by Crippen LogP contribution is 2.37. The molecule has 0 aliphatic heterocycles. The van der Waals surface area contributed by atoms with E-state index in [-0.39, 0.29) is 5.97 Å². The van der Waals surface area contributed by atoms with Crippen LogP contribution in [0.3, 0.4) is 0 Å². The Balaban J connectivity index is 2.51. The average molecular weight is 185 g/mol. The average Bonchev–Trinajstić information content (AvgIpc) is 2.09. The van der Waals surface area contributed by atoms with Gasteiger partial charge in [-0.25, -0.2) is 0 Å². The molecular weight excluding hydrogens is 166 g/mol. The summed E-state index contributed by atoms with van der Waals surface area (Å²) in [5.41, 5.74) is 5.15. The van der Waals surface area contributed by atoms with Gasteiger partial charge >= 0.3 is 5.97 Å². The first kappa shape index (κ1) is 10.5. The zero-order chi connectivity index (χ0) is 9.90. The van der Waals surface area contributed by atoms with E-state index in [0.717, 1.165) is 6.42 Å². The fourth-order valence-electron chi connectivity index (χ4n) is 1.83. The second kappa shape index (κ2) is 4.09. The molecule has 0 amide bonds. The lowest BCUT2D eigenvalue weighted by Gasteiger charge is -2.34. The Labute approximate surface area is 79.6 Å². The molecule has 1 fully saturated rings. The van der Waals surface area contributed by atoms with Crippen LogP contribution in [0.5, 0.6) is 0 Å². The van der Waals surface area contributed by atoms with Gasteiger partial charge in [0.25, 0.3) is 0 Å². The van der Waals surface area contributed by atoms with Crippen molar-refractivity contribution in [3.8, 4) is 0 Å². The maximum absolute atomic E-state index is 11.4. The molecule has 76 valence electrons. The van der Waals surface area contributed by atoms with Gasteiger partial charge in [0.1, 0.15) is 0 Å². The third-order valence-corrected chi connectivity index (χ3v) is 3.09. The number of carbonyl (C=O) groups is 1. The lowest BCUT2D eigenvalue weighted by molar-refractivity contribution is -0.152. The third kappa shape index (κ3) is 2.21. The molecule has 0 bridgehead atoms. The van der Waals surface area contributed by atoms with Crippen LogP contribution < -0.4 is 5.73 Å². The van der Waals surface area contributed by atoms with Crippen molar-refractivity contribution < 1.29 is 9.53 Å². The highest BCUT2D eigenvalue weighted by molar-refractivity contribution is 5.76. The van der Waals surface area contributed by atoms with E-state index in [9.17, 15) is 4.79 Å². The summed E-state index contributed by atoms with van der Waals surface area (Å²) in [5, 5.41) is 0. The van der Waals surface area contributed by atoms with E-state index >= 15 is 0 Å². The van der Waals surface area contributed by atoms with Crippen molar-refractivity contribution in [2.24, 2.45) is 17.1 Å². The van der Waals surface area contributed by atoms with Crippen molar-refractivity contribution in [3.63, 3.8) is 0 Å². The van der Waals surface area contributed by atoms with Gasteiger partial charge < -0.3 is 10.5 Å². The minimum Gasteiger partial charge on any atom is -0.469 e. The van der Waals surface area contributed by atoms with Crippen molar-refractivity contribution >= 4 is 5.97 Å². The summed E-state index contributed by atoms with van der Waals surface area (Å²) in [6.07, 6.45) is 4.67. The van der Waals surface area contributed by atoms with Crippen LogP contribution >= 0.6 is 0 Å². The number of esters is 1. The molecule has 0 spiro atoms. The van der Waals surface area contributed by atoms with Crippen LogP contribution in [0.2, 0.25) is 0 Å². The molecule has 1 unspecified atom stereocenters. The molecule has 1 saturated carbocycles. The summed E-state index contributed by atoms with van der Waals surface area (Å²) in [6, 6.07) is 0. The van der Waals surface area contributed by atoms with E-state index in [1.165, 1.54) is 26.4 Å². The van der Waals surface area contributed by atoms with Crippen LogP contribution in [-0.4, -0.2) is 19.6 Å². The lowest BCUT2D eigenvalue weighted by Crippen LogP contribution is -2.39. The number of hydrogen-bond acceptors (Lipinski definition) is 3.